The maximum absolute atomic E-state index is 12.5. The lowest BCUT2D eigenvalue weighted by molar-refractivity contribution is -0.112. The molecule has 6 heteroatoms. The zero-order valence-corrected chi connectivity index (χ0v) is 15.0. The standard InChI is InChI=1S/C18H18N2O2S2/c1-9-3-5-11-13(7-9)23-15(17(21)19-11)16-18(22)20-12-6-4-10(2)8-14(12)24-16/h3-8,11,13,17,19,21H,1-2H3,(H,20,22)/b16-15+. The van der Waals surface area contributed by atoms with Crippen molar-refractivity contribution >= 4 is 35.1 Å². The fraction of sp³-hybridized carbons (Fsp3) is 0.278. The molecule has 3 aliphatic rings. The number of hydrogen-bond acceptors (Lipinski definition) is 5. The summed E-state index contributed by atoms with van der Waals surface area (Å²) < 4.78 is 0. The van der Waals surface area contributed by atoms with Gasteiger partial charge in [-0.1, -0.05) is 41.6 Å². The van der Waals surface area contributed by atoms with Gasteiger partial charge in [-0.25, -0.2) is 0 Å². The van der Waals surface area contributed by atoms with E-state index < -0.39 is 6.23 Å². The van der Waals surface area contributed by atoms with E-state index in [0.717, 1.165) is 16.1 Å². The molecule has 1 aromatic carbocycles. The van der Waals surface area contributed by atoms with Crippen LogP contribution >= 0.6 is 23.5 Å². The Bertz CT molecular complexity index is 813. The van der Waals surface area contributed by atoms with Crippen LogP contribution in [0.5, 0.6) is 0 Å². The van der Waals surface area contributed by atoms with Crippen LogP contribution in [0.15, 0.2) is 56.7 Å². The second-order valence-electron chi connectivity index (χ2n) is 6.20. The van der Waals surface area contributed by atoms with Gasteiger partial charge in [0.2, 0.25) is 0 Å². The molecule has 3 unspecified atom stereocenters. The van der Waals surface area contributed by atoms with E-state index in [4.69, 9.17) is 0 Å². The number of nitrogens with one attached hydrogen (secondary N) is 2. The van der Waals surface area contributed by atoms with Crippen molar-refractivity contribution in [3.05, 3.63) is 57.4 Å². The average Bonchev–Trinajstić information content (AvgIpc) is 2.54. The molecule has 2 aliphatic heterocycles. The predicted molar refractivity (Wildman–Crippen MR) is 99.9 cm³/mol. The number of carbonyl (C=O) groups excluding carboxylic acids is 1. The van der Waals surface area contributed by atoms with Gasteiger partial charge in [0.25, 0.3) is 5.91 Å². The first-order chi connectivity index (χ1) is 11.5. The maximum atomic E-state index is 12.5. The number of thioether (sulfide) groups is 2. The third kappa shape index (κ3) is 2.84. The zero-order valence-electron chi connectivity index (χ0n) is 13.4. The van der Waals surface area contributed by atoms with Crippen molar-refractivity contribution in [3.8, 4) is 0 Å². The first kappa shape index (κ1) is 16.0. The Kier molecular flexibility index (Phi) is 4.08. The predicted octanol–water partition coefficient (Wildman–Crippen LogP) is 3.16. The molecule has 24 heavy (non-hydrogen) atoms. The molecule has 1 saturated heterocycles. The minimum atomic E-state index is -0.827. The normalized spacial score (nSPS) is 31.9. The lowest BCUT2D eigenvalue weighted by atomic mass is 10.0. The highest BCUT2D eigenvalue weighted by atomic mass is 32.2. The largest absolute Gasteiger partial charge is 0.374 e. The molecular formula is C18H18N2O2S2. The molecule has 4 nitrogen and oxygen atoms in total. The monoisotopic (exact) mass is 358 g/mol. The van der Waals surface area contributed by atoms with Gasteiger partial charge >= 0.3 is 0 Å². The maximum Gasteiger partial charge on any atom is 0.263 e. The van der Waals surface area contributed by atoms with Gasteiger partial charge in [0, 0.05) is 21.1 Å². The molecule has 4 rings (SSSR count). The van der Waals surface area contributed by atoms with E-state index in [9.17, 15) is 9.90 Å². The fourth-order valence-corrected chi connectivity index (χ4v) is 5.61. The van der Waals surface area contributed by atoms with E-state index in [2.05, 4.69) is 41.9 Å². The number of anilines is 1. The number of amides is 1. The van der Waals surface area contributed by atoms with Gasteiger partial charge < -0.3 is 10.4 Å². The van der Waals surface area contributed by atoms with Crippen molar-refractivity contribution < 1.29 is 9.90 Å². The average molecular weight is 358 g/mol. The van der Waals surface area contributed by atoms with Crippen LogP contribution in [0.1, 0.15) is 12.5 Å². The SMILES string of the molecule is CC1=CC2S/C(=C3/Sc4cc(C)ccc4NC3=O)C(O)NC2C=C1. The Morgan fingerprint density at radius 3 is 2.92 bits per heavy atom. The van der Waals surface area contributed by atoms with Gasteiger partial charge in [0.15, 0.2) is 0 Å². The summed E-state index contributed by atoms with van der Waals surface area (Å²) in [6.45, 7) is 4.09. The van der Waals surface area contributed by atoms with Crippen LogP contribution in [0.3, 0.4) is 0 Å². The Morgan fingerprint density at radius 1 is 1.25 bits per heavy atom. The molecule has 1 aliphatic carbocycles. The Morgan fingerprint density at radius 2 is 2.08 bits per heavy atom. The van der Waals surface area contributed by atoms with E-state index >= 15 is 0 Å². The van der Waals surface area contributed by atoms with E-state index in [-0.39, 0.29) is 17.2 Å². The minimum Gasteiger partial charge on any atom is -0.374 e. The number of rotatable bonds is 0. The van der Waals surface area contributed by atoms with E-state index in [1.54, 1.807) is 11.8 Å². The second kappa shape index (κ2) is 6.11. The summed E-state index contributed by atoms with van der Waals surface area (Å²) in [7, 11) is 0. The summed E-state index contributed by atoms with van der Waals surface area (Å²) >= 11 is 3.01. The highest BCUT2D eigenvalue weighted by Crippen LogP contribution is 2.45. The Labute approximate surface area is 149 Å². The van der Waals surface area contributed by atoms with Gasteiger partial charge in [0.05, 0.1) is 10.6 Å². The van der Waals surface area contributed by atoms with Crippen molar-refractivity contribution in [1.29, 1.82) is 0 Å². The summed E-state index contributed by atoms with van der Waals surface area (Å²) in [5, 5.41) is 16.8. The number of aliphatic hydroxyl groups is 1. The quantitative estimate of drug-likeness (QED) is 0.622. The summed E-state index contributed by atoms with van der Waals surface area (Å²) in [4.78, 5) is 14.8. The summed E-state index contributed by atoms with van der Waals surface area (Å²) in [6.07, 6.45) is 5.48. The smallest absolute Gasteiger partial charge is 0.263 e. The van der Waals surface area contributed by atoms with Crippen LogP contribution in [0.4, 0.5) is 5.69 Å². The second-order valence-corrected chi connectivity index (χ2v) is 8.47. The fourth-order valence-electron chi connectivity index (χ4n) is 3.00. The van der Waals surface area contributed by atoms with Gasteiger partial charge in [-0.3, -0.25) is 10.1 Å². The topological polar surface area (TPSA) is 61.4 Å². The molecule has 1 aromatic rings. The van der Waals surface area contributed by atoms with Crippen LogP contribution in [0.2, 0.25) is 0 Å². The van der Waals surface area contributed by atoms with Gasteiger partial charge in [-0.15, -0.1) is 11.8 Å². The number of fused-ring (bicyclic) bond motifs is 2. The van der Waals surface area contributed by atoms with Crippen LogP contribution in [0, 0.1) is 6.92 Å². The van der Waals surface area contributed by atoms with Crippen molar-refractivity contribution in [2.75, 3.05) is 5.32 Å². The van der Waals surface area contributed by atoms with E-state index in [1.165, 1.54) is 17.3 Å². The van der Waals surface area contributed by atoms with Gasteiger partial charge in [-0.05, 0) is 31.5 Å². The van der Waals surface area contributed by atoms with E-state index in [1.807, 2.05) is 19.1 Å². The van der Waals surface area contributed by atoms with Crippen LogP contribution in [-0.2, 0) is 4.79 Å². The molecule has 3 N–H and O–H groups in total. The van der Waals surface area contributed by atoms with Crippen LogP contribution < -0.4 is 10.6 Å². The summed E-state index contributed by atoms with van der Waals surface area (Å²) in [5.41, 5.74) is 3.18. The highest BCUT2D eigenvalue weighted by Gasteiger charge is 2.36. The summed E-state index contributed by atoms with van der Waals surface area (Å²) in [5.74, 6) is -0.148. The number of allylic oxidation sites excluding steroid dienone is 2. The third-order valence-corrected chi connectivity index (χ3v) is 6.92. The molecule has 0 spiro atoms. The van der Waals surface area contributed by atoms with Crippen molar-refractivity contribution in [3.63, 3.8) is 0 Å². The van der Waals surface area contributed by atoms with Gasteiger partial charge in [-0.2, -0.15) is 0 Å². The molecule has 3 atom stereocenters. The van der Waals surface area contributed by atoms with Gasteiger partial charge in [0.1, 0.15) is 6.23 Å². The number of hydrogen-bond donors (Lipinski definition) is 3. The molecule has 0 radical (unpaired) electrons. The molecule has 0 saturated carbocycles. The highest BCUT2D eigenvalue weighted by molar-refractivity contribution is 8.08. The first-order valence-electron chi connectivity index (χ1n) is 7.83. The van der Waals surface area contributed by atoms with Crippen molar-refractivity contribution in [2.45, 2.75) is 36.3 Å². The summed E-state index contributed by atoms with van der Waals surface area (Å²) in [6, 6.07) is 6.05. The molecular weight excluding hydrogens is 340 g/mol. The molecule has 1 amide bonds. The van der Waals surface area contributed by atoms with Crippen LogP contribution in [0.25, 0.3) is 0 Å². The molecule has 1 fully saturated rings. The van der Waals surface area contributed by atoms with E-state index in [0.29, 0.717) is 9.81 Å². The molecule has 2 heterocycles. The third-order valence-electron chi connectivity index (χ3n) is 4.24. The number of aryl methyl sites for hydroxylation is 1. The Hall–Kier alpha value is -1.47. The molecule has 0 bridgehead atoms. The lowest BCUT2D eigenvalue weighted by Crippen LogP contribution is -2.49. The zero-order chi connectivity index (χ0) is 16.8. The minimum absolute atomic E-state index is 0.0873. The number of benzene rings is 1. The van der Waals surface area contributed by atoms with Crippen molar-refractivity contribution in [2.24, 2.45) is 0 Å². The molecule has 124 valence electrons. The van der Waals surface area contributed by atoms with Crippen LogP contribution in [-0.4, -0.2) is 28.5 Å². The first-order valence-corrected chi connectivity index (χ1v) is 9.52. The number of aliphatic hydroxyl groups excluding tert-OH is 1. The van der Waals surface area contributed by atoms with Crippen molar-refractivity contribution in [1.82, 2.24) is 5.32 Å². The lowest BCUT2D eigenvalue weighted by Gasteiger charge is -2.36. The molecule has 0 aromatic heterocycles. The number of carbonyl (C=O) groups is 1. The Balaban J connectivity index is 1.70.